The Bertz CT molecular complexity index is 742. The second-order valence-corrected chi connectivity index (χ2v) is 5.14. The van der Waals surface area contributed by atoms with Crippen LogP contribution in [-0.4, -0.2) is 25.3 Å². The summed E-state index contributed by atoms with van der Waals surface area (Å²) in [4.78, 5) is 8.45. The maximum Gasteiger partial charge on any atom is 0.226 e. The first-order valence-electron chi connectivity index (χ1n) is 6.38. The Kier molecular flexibility index (Phi) is 3.96. The minimum absolute atomic E-state index is 0.337. The van der Waals surface area contributed by atoms with E-state index in [9.17, 15) is 4.39 Å². The van der Waals surface area contributed by atoms with Crippen molar-refractivity contribution in [2.75, 3.05) is 0 Å². The summed E-state index contributed by atoms with van der Waals surface area (Å²) in [5.74, 6) is 1.76. The van der Waals surface area contributed by atoms with Gasteiger partial charge < -0.3 is 4.52 Å². The van der Waals surface area contributed by atoms with E-state index in [2.05, 4.69) is 25.3 Å². The third-order valence-electron chi connectivity index (χ3n) is 2.74. The van der Waals surface area contributed by atoms with E-state index in [4.69, 9.17) is 4.52 Å². The summed E-state index contributed by atoms with van der Waals surface area (Å²) >= 11 is 1.36. The van der Waals surface area contributed by atoms with E-state index in [0.29, 0.717) is 40.4 Å². The summed E-state index contributed by atoms with van der Waals surface area (Å²) in [7, 11) is 0. The number of nitrogens with zero attached hydrogens (tertiary/aromatic N) is 4. The summed E-state index contributed by atoms with van der Waals surface area (Å²) < 4.78 is 18.7. The van der Waals surface area contributed by atoms with Gasteiger partial charge in [0.25, 0.3) is 0 Å². The van der Waals surface area contributed by atoms with E-state index in [1.807, 2.05) is 6.92 Å². The highest BCUT2D eigenvalue weighted by Crippen LogP contribution is 2.23. The zero-order chi connectivity index (χ0) is 14.7. The molecule has 21 heavy (non-hydrogen) atoms. The Morgan fingerprint density at radius 1 is 1.29 bits per heavy atom. The zero-order valence-corrected chi connectivity index (χ0v) is 12.0. The Morgan fingerprint density at radius 3 is 2.90 bits per heavy atom. The number of nitrogens with one attached hydrogen (secondary N) is 1. The summed E-state index contributed by atoms with van der Waals surface area (Å²) in [5.41, 5.74) is 0.393. The first kappa shape index (κ1) is 13.7. The van der Waals surface area contributed by atoms with Crippen LogP contribution in [0.4, 0.5) is 4.39 Å². The maximum atomic E-state index is 13.7. The van der Waals surface area contributed by atoms with E-state index in [1.165, 1.54) is 17.8 Å². The molecule has 0 aliphatic rings. The predicted octanol–water partition coefficient (Wildman–Crippen LogP) is 2.85. The fraction of sp³-hybridized carbons (Fsp3) is 0.231. The molecule has 108 valence electrons. The molecule has 0 saturated heterocycles. The van der Waals surface area contributed by atoms with Crippen molar-refractivity contribution in [3.8, 4) is 11.4 Å². The topological polar surface area (TPSA) is 80.5 Å². The molecular formula is C13H12FN5OS. The van der Waals surface area contributed by atoms with Crippen LogP contribution in [0.3, 0.4) is 0 Å². The lowest BCUT2D eigenvalue weighted by Gasteiger charge is -1.96. The van der Waals surface area contributed by atoms with Gasteiger partial charge in [0, 0.05) is 6.42 Å². The second kappa shape index (κ2) is 6.04. The number of hydrogen-bond donors (Lipinski definition) is 1. The molecular weight excluding hydrogens is 293 g/mol. The van der Waals surface area contributed by atoms with Gasteiger partial charge >= 0.3 is 0 Å². The minimum atomic E-state index is -0.337. The number of benzene rings is 1. The first-order chi connectivity index (χ1) is 10.3. The van der Waals surface area contributed by atoms with Crippen molar-refractivity contribution in [2.24, 2.45) is 0 Å². The van der Waals surface area contributed by atoms with Gasteiger partial charge in [-0.05, 0) is 12.1 Å². The molecule has 0 aliphatic heterocycles. The second-order valence-electron chi connectivity index (χ2n) is 4.19. The maximum absolute atomic E-state index is 13.7. The molecule has 2 heterocycles. The summed E-state index contributed by atoms with van der Waals surface area (Å²) in [6, 6.07) is 6.42. The SMILES string of the molecule is CCc1nc(CSc2n[nH]c(-c3ccccc3F)n2)no1. The lowest BCUT2D eigenvalue weighted by Crippen LogP contribution is -1.87. The van der Waals surface area contributed by atoms with Crippen molar-refractivity contribution in [2.45, 2.75) is 24.3 Å². The van der Waals surface area contributed by atoms with Crippen molar-refractivity contribution < 1.29 is 8.91 Å². The summed E-state index contributed by atoms with van der Waals surface area (Å²) in [6.07, 6.45) is 0.704. The predicted molar refractivity (Wildman–Crippen MR) is 75.0 cm³/mol. The third-order valence-corrected chi connectivity index (χ3v) is 3.58. The third kappa shape index (κ3) is 3.10. The number of aromatic amines is 1. The van der Waals surface area contributed by atoms with Gasteiger partial charge in [-0.15, -0.1) is 5.10 Å². The van der Waals surface area contributed by atoms with Gasteiger partial charge in [-0.1, -0.05) is 36.0 Å². The molecule has 6 nitrogen and oxygen atoms in total. The molecule has 1 N–H and O–H groups in total. The summed E-state index contributed by atoms with van der Waals surface area (Å²) in [5, 5.41) is 11.1. The zero-order valence-electron chi connectivity index (χ0n) is 11.2. The largest absolute Gasteiger partial charge is 0.339 e. The van der Waals surface area contributed by atoms with Crippen molar-refractivity contribution >= 4 is 11.8 Å². The quantitative estimate of drug-likeness (QED) is 0.730. The van der Waals surface area contributed by atoms with Crippen molar-refractivity contribution in [1.82, 2.24) is 25.3 Å². The molecule has 0 fully saturated rings. The molecule has 3 aromatic rings. The Hall–Kier alpha value is -2.22. The highest BCUT2D eigenvalue weighted by Gasteiger charge is 2.11. The number of halogens is 1. The summed E-state index contributed by atoms with van der Waals surface area (Å²) in [6.45, 7) is 1.94. The van der Waals surface area contributed by atoms with Gasteiger partial charge in [0.05, 0.1) is 11.3 Å². The molecule has 0 bridgehead atoms. The number of rotatable bonds is 5. The first-order valence-corrected chi connectivity index (χ1v) is 7.36. The normalized spacial score (nSPS) is 11.0. The fourth-order valence-corrected chi connectivity index (χ4v) is 2.35. The van der Waals surface area contributed by atoms with E-state index >= 15 is 0 Å². The molecule has 0 aliphatic carbocycles. The molecule has 1 aromatic carbocycles. The molecule has 0 atom stereocenters. The smallest absolute Gasteiger partial charge is 0.226 e. The van der Waals surface area contributed by atoms with Crippen LogP contribution < -0.4 is 0 Å². The van der Waals surface area contributed by atoms with Gasteiger partial charge in [0.1, 0.15) is 5.82 Å². The van der Waals surface area contributed by atoms with Crippen molar-refractivity contribution in [3.63, 3.8) is 0 Å². The average Bonchev–Trinajstić information content (AvgIpc) is 3.14. The van der Waals surface area contributed by atoms with Crippen LogP contribution in [0.2, 0.25) is 0 Å². The van der Waals surface area contributed by atoms with Crippen LogP contribution in [-0.2, 0) is 12.2 Å². The molecule has 0 amide bonds. The van der Waals surface area contributed by atoms with Gasteiger partial charge in [-0.25, -0.2) is 9.37 Å². The van der Waals surface area contributed by atoms with Crippen LogP contribution in [0.15, 0.2) is 33.9 Å². The van der Waals surface area contributed by atoms with E-state index < -0.39 is 0 Å². The van der Waals surface area contributed by atoms with Crippen LogP contribution in [0.25, 0.3) is 11.4 Å². The molecule has 8 heteroatoms. The monoisotopic (exact) mass is 305 g/mol. The number of hydrogen-bond acceptors (Lipinski definition) is 6. The van der Waals surface area contributed by atoms with E-state index in [0.717, 1.165) is 0 Å². The molecule has 0 saturated carbocycles. The number of H-pyrrole nitrogens is 1. The van der Waals surface area contributed by atoms with Gasteiger partial charge in [0.2, 0.25) is 11.0 Å². The lowest BCUT2D eigenvalue weighted by molar-refractivity contribution is 0.378. The molecule has 2 aromatic heterocycles. The number of thioether (sulfide) groups is 1. The van der Waals surface area contributed by atoms with Crippen molar-refractivity contribution in [3.05, 3.63) is 41.8 Å². The highest BCUT2D eigenvalue weighted by atomic mass is 32.2. The number of aryl methyl sites for hydroxylation is 1. The Labute approximate surface area is 124 Å². The van der Waals surface area contributed by atoms with Gasteiger partial charge in [-0.3, -0.25) is 5.10 Å². The standard InChI is InChI=1S/C13H12FN5OS/c1-2-11-15-10(19-20-11)7-21-13-16-12(17-18-13)8-5-3-4-6-9(8)14/h3-6H,2,7H2,1H3,(H,16,17,18). The van der Waals surface area contributed by atoms with Crippen LogP contribution in [0.1, 0.15) is 18.6 Å². The molecule has 3 rings (SSSR count). The Balaban J connectivity index is 1.69. The van der Waals surface area contributed by atoms with Crippen molar-refractivity contribution in [1.29, 1.82) is 0 Å². The average molecular weight is 305 g/mol. The van der Waals surface area contributed by atoms with E-state index in [1.54, 1.807) is 18.2 Å². The highest BCUT2D eigenvalue weighted by molar-refractivity contribution is 7.98. The van der Waals surface area contributed by atoms with Gasteiger partial charge in [0.15, 0.2) is 11.6 Å². The molecule has 0 radical (unpaired) electrons. The molecule has 0 unspecified atom stereocenters. The van der Waals surface area contributed by atoms with E-state index in [-0.39, 0.29) is 5.82 Å². The van der Waals surface area contributed by atoms with Crippen LogP contribution >= 0.6 is 11.8 Å². The van der Waals surface area contributed by atoms with Gasteiger partial charge in [-0.2, -0.15) is 4.98 Å². The lowest BCUT2D eigenvalue weighted by atomic mass is 10.2. The van der Waals surface area contributed by atoms with Crippen LogP contribution in [0, 0.1) is 5.82 Å². The Morgan fingerprint density at radius 2 is 2.14 bits per heavy atom. The number of aromatic nitrogens is 5. The minimum Gasteiger partial charge on any atom is -0.339 e. The molecule has 0 spiro atoms. The van der Waals surface area contributed by atoms with Crippen LogP contribution in [0.5, 0.6) is 0 Å². The fourth-order valence-electron chi connectivity index (χ4n) is 1.71.